The maximum absolute atomic E-state index is 13.2. The third kappa shape index (κ3) is 13.5. The van der Waals surface area contributed by atoms with Gasteiger partial charge in [0.2, 0.25) is 23.1 Å². The topological polar surface area (TPSA) is 107 Å². The predicted molar refractivity (Wildman–Crippen MR) is 212 cm³/mol. The third-order valence-electron chi connectivity index (χ3n) is 9.09. The smallest absolute Gasteiger partial charge is 0.338 e. The Morgan fingerprint density at radius 3 is 1.61 bits per heavy atom. The second-order valence-corrected chi connectivity index (χ2v) is 14.2. The third-order valence-corrected chi connectivity index (χ3v) is 9.09. The molecule has 0 heterocycles. The first kappa shape index (κ1) is 45.3. The molecule has 0 unspecified atom stereocenters. The summed E-state index contributed by atoms with van der Waals surface area (Å²) in [4.78, 5) is 38.7. The van der Waals surface area contributed by atoms with E-state index in [4.69, 9.17) is 28.4 Å². The van der Waals surface area contributed by atoms with Crippen LogP contribution < -0.4 is 4.74 Å². The molecule has 0 N–H and O–H groups in total. The number of carbonyl (C=O) groups is 3. The molecule has 0 aromatic heterocycles. The van der Waals surface area contributed by atoms with Crippen LogP contribution in [0.2, 0.25) is 0 Å². The van der Waals surface area contributed by atoms with Crippen molar-refractivity contribution in [3.05, 3.63) is 86.4 Å². The maximum atomic E-state index is 13.2. The van der Waals surface area contributed by atoms with E-state index in [2.05, 4.69) is 42.8 Å². The van der Waals surface area contributed by atoms with Gasteiger partial charge in [-0.05, 0) is 99.6 Å². The summed E-state index contributed by atoms with van der Waals surface area (Å²) >= 11 is 0. The Labute approximate surface area is 322 Å². The standard InChI is InChI=1S/C45H58O9/c1-30(16-14-18-31(2)20-21-37-33(4)38(46)41(50-10)42(51-11)39(37)47)17-15-19-32(3)24-27-54-43(48)36-28-34(22-25-44(5,6)52-12)40(49-9)35(29-36)23-26-45(7,8)53-13/h16,19-20,28-29H,14-15,17-18,21,24,27H2,1-13H3/b30-16+,31-20+,32-19+. The number of methoxy groups -OCH3 is 5. The molecule has 9 heteroatoms. The minimum atomic E-state index is -0.705. The molecule has 0 atom stereocenters. The number of ketones is 2. The average Bonchev–Trinajstić information content (AvgIpc) is 3.14. The van der Waals surface area contributed by atoms with Crippen molar-refractivity contribution in [2.45, 2.75) is 105 Å². The van der Waals surface area contributed by atoms with Gasteiger partial charge in [0.05, 0.1) is 44.6 Å². The lowest BCUT2D eigenvalue weighted by Crippen LogP contribution is -2.24. The SMILES string of the molecule is COC1=C(OC)C(=O)C(C/C=C(\C)CC/C=C(\C)CC/C=C(\C)CCOC(=O)c2cc(C#CC(C)(C)OC)c(OC)c(C#CC(C)(C)OC)c2)=C(C)C1=O. The van der Waals surface area contributed by atoms with Gasteiger partial charge < -0.3 is 28.4 Å². The van der Waals surface area contributed by atoms with Gasteiger partial charge >= 0.3 is 5.97 Å². The Morgan fingerprint density at radius 1 is 0.685 bits per heavy atom. The van der Waals surface area contributed by atoms with Crippen LogP contribution in [0.4, 0.5) is 0 Å². The van der Waals surface area contributed by atoms with E-state index in [-0.39, 0.29) is 29.7 Å². The van der Waals surface area contributed by atoms with Crippen LogP contribution in [0.25, 0.3) is 0 Å². The summed E-state index contributed by atoms with van der Waals surface area (Å²) in [6, 6.07) is 3.32. The zero-order valence-corrected chi connectivity index (χ0v) is 34.5. The van der Waals surface area contributed by atoms with E-state index in [0.29, 0.717) is 46.4 Å². The van der Waals surface area contributed by atoms with E-state index < -0.39 is 17.2 Å². The molecule has 2 rings (SSSR count). The average molecular weight is 743 g/mol. The summed E-state index contributed by atoms with van der Waals surface area (Å²) in [5.74, 6) is 11.6. The van der Waals surface area contributed by atoms with Crippen molar-refractivity contribution in [2.75, 3.05) is 42.2 Å². The van der Waals surface area contributed by atoms with Gasteiger partial charge in [0, 0.05) is 31.8 Å². The van der Waals surface area contributed by atoms with Gasteiger partial charge in [0.25, 0.3) is 0 Å². The number of esters is 1. The van der Waals surface area contributed by atoms with Gasteiger partial charge in [-0.2, -0.15) is 0 Å². The van der Waals surface area contributed by atoms with Gasteiger partial charge in [-0.25, -0.2) is 4.79 Å². The van der Waals surface area contributed by atoms with Gasteiger partial charge in [0.15, 0.2) is 0 Å². The molecule has 0 radical (unpaired) electrons. The lowest BCUT2D eigenvalue weighted by Gasteiger charge is -2.19. The lowest BCUT2D eigenvalue weighted by molar-refractivity contribution is -0.121. The van der Waals surface area contributed by atoms with Crippen LogP contribution in [0.3, 0.4) is 0 Å². The summed E-state index contributed by atoms with van der Waals surface area (Å²) < 4.78 is 32.5. The molecular weight excluding hydrogens is 684 g/mol. The Balaban J connectivity index is 1.99. The van der Waals surface area contributed by atoms with E-state index in [1.54, 1.807) is 40.4 Å². The Kier molecular flexibility index (Phi) is 17.8. The normalized spacial score (nSPS) is 14.4. The monoisotopic (exact) mass is 742 g/mol. The van der Waals surface area contributed by atoms with E-state index in [0.717, 1.165) is 36.8 Å². The van der Waals surface area contributed by atoms with Gasteiger partial charge in [-0.1, -0.05) is 58.6 Å². The van der Waals surface area contributed by atoms with Crippen LogP contribution in [0.15, 0.2) is 69.7 Å². The Bertz CT molecular complexity index is 1780. The van der Waals surface area contributed by atoms with Crippen LogP contribution in [0.1, 0.15) is 115 Å². The van der Waals surface area contributed by atoms with Crippen LogP contribution in [-0.4, -0.2) is 70.9 Å². The summed E-state index contributed by atoms with van der Waals surface area (Å²) in [5.41, 5.74) is 4.30. The Hall–Kier alpha value is -4.83. The number of allylic oxidation sites excluding steroid dienone is 7. The number of hydrogen-bond acceptors (Lipinski definition) is 9. The predicted octanol–water partition coefficient (Wildman–Crippen LogP) is 8.56. The fourth-order valence-electron chi connectivity index (χ4n) is 5.19. The van der Waals surface area contributed by atoms with Gasteiger partial charge in [0.1, 0.15) is 17.0 Å². The zero-order valence-electron chi connectivity index (χ0n) is 34.5. The van der Waals surface area contributed by atoms with Crippen molar-refractivity contribution in [3.63, 3.8) is 0 Å². The zero-order chi connectivity index (χ0) is 40.6. The summed E-state index contributed by atoms with van der Waals surface area (Å²) in [6.07, 6.45) is 10.9. The second kappa shape index (κ2) is 21.2. The first-order valence-corrected chi connectivity index (χ1v) is 18.1. The molecule has 0 saturated carbocycles. The molecule has 54 heavy (non-hydrogen) atoms. The molecular formula is C45H58O9. The maximum Gasteiger partial charge on any atom is 0.338 e. The highest BCUT2D eigenvalue weighted by Crippen LogP contribution is 2.29. The van der Waals surface area contributed by atoms with Crippen LogP contribution >= 0.6 is 0 Å². The number of carbonyl (C=O) groups excluding carboxylic acids is 3. The van der Waals surface area contributed by atoms with Crippen molar-refractivity contribution in [1.82, 2.24) is 0 Å². The van der Waals surface area contributed by atoms with Crippen LogP contribution in [0, 0.1) is 23.7 Å². The van der Waals surface area contributed by atoms with Crippen molar-refractivity contribution in [2.24, 2.45) is 0 Å². The minimum Gasteiger partial charge on any atom is -0.494 e. The largest absolute Gasteiger partial charge is 0.494 e. The van der Waals surface area contributed by atoms with Crippen molar-refractivity contribution in [3.8, 4) is 29.4 Å². The molecule has 0 aliphatic heterocycles. The number of rotatable bonds is 17. The molecule has 1 aromatic rings. The molecule has 292 valence electrons. The molecule has 0 spiro atoms. The first-order valence-electron chi connectivity index (χ1n) is 18.1. The highest BCUT2D eigenvalue weighted by Gasteiger charge is 2.34. The molecule has 1 aliphatic rings. The van der Waals surface area contributed by atoms with Crippen LogP contribution in [-0.2, 0) is 33.3 Å². The van der Waals surface area contributed by atoms with E-state index in [9.17, 15) is 14.4 Å². The number of ether oxygens (including phenoxy) is 6. The van der Waals surface area contributed by atoms with Gasteiger partial charge in [-0.15, -0.1) is 0 Å². The molecule has 0 bridgehead atoms. The molecule has 1 aliphatic carbocycles. The van der Waals surface area contributed by atoms with E-state index in [1.165, 1.54) is 19.8 Å². The molecule has 0 saturated heterocycles. The first-order chi connectivity index (χ1) is 25.4. The summed E-state index contributed by atoms with van der Waals surface area (Å²) in [7, 11) is 7.44. The van der Waals surface area contributed by atoms with Crippen molar-refractivity contribution >= 4 is 17.5 Å². The molecule has 0 fully saturated rings. The van der Waals surface area contributed by atoms with E-state index >= 15 is 0 Å². The van der Waals surface area contributed by atoms with Crippen molar-refractivity contribution < 1.29 is 42.8 Å². The molecule has 0 amide bonds. The van der Waals surface area contributed by atoms with Gasteiger partial charge in [-0.3, -0.25) is 9.59 Å². The molecule has 1 aromatic carbocycles. The second-order valence-electron chi connectivity index (χ2n) is 14.2. The summed E-state index contributed by atoms with van der Waals surface area (Å²) in [6.45, 7) is 15.5. The quantitative estimate of drug-likeness (QED) is 0.0672. The summed E-state index contributed by atoms with van der Waals surface area (Å²) in [5, 5.41) is 0. The lowest BCUT2D eigenvalue weighted by atomic mass is 9.90. The minimum absolute atomic E-state index is 0.0436. The highest BCUT2D eigenvalue weighted by molar-refractivity contribution is 6.23. The molecule has 9 nitrogen and oxygen atoms in total. The Morgan fingerprint density at radius 2 is 1.15 bits per heavy atom. The van der Waals surface area contributed by atoms with Crippen molar-refractivity contribution in [1.29, 1.82) is 0 Å². The van der Waals surface area contributed by atoms with E-state index in [1.807, 2.05) is 47.6 Å². The number of hydrogen-bond donors (Lipinski definition) is 0. The fourth-order valence-corrected chi connectivity index (χ4v) is 5.19. The van der Waals surface area contributed by atoms with Crippen LogP contribution in [0.5, 0.6) is 5.75 Å². The highest BCUT2D eigenvalue weighted by atomic mass is 16.5. The number of benzene rings is 1. The number of Topliss-reactive ketones (excluding diaryl/α,β-unsaturated/α-hetero) is 2. The fraction of sp³-hybridized carbons (Fsp3) is 0.489.